The highest BCUT2D eigenvalue weighted by molar-refractivity contribution is 5.80. The van der Waals surface area contributed by atoms with Gasteiger partial charge in [0, 0.05) is 62.8 Å². The summed E-state index contributed by atoms with van der Waals surface area (Å²) < 4.78 is 0. The van der Waals surface area contributed by atoms with Crippen molar-refractivity contribution in [1.29, 1.82) is 0 Å². The van der Waals surface area contributed by atoms with Crippen molar-refractivity contribution in [2.24, 2.45) is 0 Å². The fourth-order valence-electron chi connectivity index (χ4n) is 7.25. The molecule has 0 atom stereocenters. The van der Waals surface area contributed by atoms with E-state index < -0.39 is 59.7 Å². The minimum atomic E-state index is -0.981. The molecule has 0 rings (SSSR count). The van der Waals surface area contributed by atoms with Gasteiger partial charge in [0.05, 0.1) is 0 Å². The summed E-state index contributed by atoms with van der Waals surface area (Å²) in [5, 5.41) is 82.3. The Bertz CT molecular complexity index is 1770. The number of aliphatic carboxylic acids is 10. The molecular weight excluding hydrogens is 1150 g/mol. The Kier molecular flexibility index (Phi) is 98.3. The number of carboxylic acid groups (broad SMARTS) is 10. The van der Waals surface area contributed by atoms with Gasteiger partial charge in [0.15, 0.2) is 0 Å². The Morgan fingerprint density at radius 3 is 0.506 bits per heavy atom. The Hall–Kier alpha value is -7.38. The lowest BCUT2D eigenvalue weighted by molar-refractivity contribution is -0.138. The lowest BCUT2D eigenvalue weighted by Gasteiger charge is -1.99. The van der Waals surface area contributed by atoms with Gasteiger partial charge in [-0.1, -0.05) is 172 Å². The molecule has 0 aliphatic carbocycles. The highest BCUT2D eigenvalue weighted by atomic mass is 16.4. The van der Waals surface area contributed by atoms with Gasteiger partial charge in [0.1, 0.15) is 0 Å². The van der Waals surface area contributed by atoms with Gasteiger partial charge >= 0.3 is 59.7 Å². The van der Waals surface area contributed by atoms with Gasteiger partial charge in [-0.05, 0) is 116 Å². The fraction of sp³-hybridized carbons (Fsp3) is 0.623. The van der Waals surface area contributed by atoms with E-state index in [1.54, 1.807) is 12.2 Å². The van der Waals surface area contributed by atoms with Gasteiger partial charge in [-0.3, -0.25) is 28.8 Å². The molecule has 89 heavy (non-hydrogen) atoms. The van der Waals surface area contributed by atoms with Crippen molar-refractivity contribution in [3.05, 3.63) is 100 Å². The molecule has 0 saturated carbocycles. The van der Waals surface area contributed by atoms with E-state index in [2.05, 4.69) is 51.6 Å². The van der Waals surface area contributed by atoms with Crippen LogP contribution in [-0.4, -0.2) is 111 Å². The minimum Gasteiger partial charge on any atom is -0.481 e. The summed E-state index contributed by atoms with van der Waals surface area (Å²) in [6, 6.07) is 0. The Morgan fingerprint density at radius 1 is 0.213 bits per heavy atom. The van der Waals surface area contributed by atoms with Crippen LogP contribution >= 0.6 is 0 Å². The van der Waals surface area contributed by atoms with E-state index in [0.29, 0.717) is 25.7 Å². The quantitative estimate of drug-likeness (QED) is 0.0154. The third kappa shape index (κ3) is 145. The number of rotatable bonds is 53. The van der Waals surface area contributed by atoms with E-state index in [-0.39, 0.29) is 12.8 Å². The predicted octanol–water partition coefficient (Wildman–Crippen LogP) is 17.7. The normalized spacial score (nSPS) is 9.84. The van der Waals surface area contributed by atoms with Gasteiger partial charge in [-0.25, -0.2) is 19.2 Å². The van der Waals surface area contributed by atoms with Crippen LogP contribution in [0.5, 0.6) is 0 Å². The number of allylic oxidation sites excluding steroid dienone is 6. The molecule has 0 fully saturated rings. The van der Waals surface area contributed by atoms with Crippen LogP contribution in [0.25, 0.3) is 0 Å². The molecule has 0 bridgehead atoms. The summed E-state index contributed by atoms with van der Waals surface area (Å²) in [4.78, 5) is 100.0. The monoisotopic (exact) mass is 1270 g/mol. The Balaban J connectivity index is -0.000000149. The second kappa shape index (κ2) is 89.4. The first-order valence-corrected chi connectivity index (χ1v) is 31.6. The predicted molar refractivity (Wildman–Crippen MR) is 354 cm³/mol. The molecule has 0 aromatic carbocycles. The second-order valence-electron chi connectivity index (χ2n) is 20.2. The lowest BCUT2D eigenvalue weighted by Crippen LogP contribution is -1.93. The van der Waals surface area contributed by atoms with Gasteiger partial charge in [0.2, 0.25) is 0 Å². The summed E-state index contributed by atoms with van der Waals surface area (Å²) >= 11 is 0. The van der Waals surface area contributed by atoms with Crippen molar-refractivity contribution in [3.63, 3.8) is 0 Å². The van der Waals surface area contributed by atoms with Crippen LogP contribution in [0.2, 0.25) is 0 Å². The Morgan fingerprint density at radius 2 is 0.360 bits per heavy atom. The van der Waals surface area contributed by atoms with Crippen molar-refractivity contribution < 1.29 is 99.0 Å². The first-order chi connectivity index (χ1) is 42.5. The zero-order chi connectivity index (χ0) is 69.3. The molecule has 0 aliphatic rings. The van der Waals surface area contributed by atoms with Gasteiger partial charge in [0.25, 0.3) is 0 Å². The number of carbonyl (C=O) groups is 10. The number of hydrogen-bond acceptors (Lipinski definition) is 10. The molecule has 0 radical (unpaired) electrons. The molecule has 20 heteroatoms. The van der Waals surface area contributed by atoms with Crippen molar-refractivity contribution >= 4 is 59.7 Å². The smallest absolute Gasteiger partial charge is 0.327 e. The van der Waals surface area contributed by atoms with Crippen molar-refractivity contribution in [2.75, 3.05) is 0 Å². The summed E-state index contributed by atoms with van der Waals surface area (Å²) in [6.07, 6.45) is 55.6. The molecule has 20 nitrogen and oxygen atoms in total. The van der Waals surface area contributed by atoms with Crippen molar-refractivity contribution in [3.8, 4) is 0 Å². The third-order valence-electron chi connectivity index (χ3n) is 11.9. The first-order valence-electron chi connectivity index (χ1n) is 31.6. The van der Waals surface area contributed by atoms with E-state index in [4.69, 9.17) is 51.1 Å². The average Bonchev–Trinajstić information content (AvgIpc) is 3.47. The zero-order valence-electron chi connectivity index (χ0n) is 54.0. The number of hydrogen-bond donors (Lipinski definition) is 10. The summed E-state index contributed by atoms with van der Waals surface area (Å²) in [6.45, 7) is 19.2. The lowest BCUT2D eigenvalue weighted by atomic mass is 10.1. The maximum Gasteiger partial charge on any atom is 0.327 e. The van der Waals surface area contributed by atoms with Crippen LogP contribution < -0.4 is 0 Å². The van der Waals surface area contributed by atoms with Crippen LogP contribution in [0.4, 0.5) is 0 Å². The van der Waals surface area contributed by atoms with Gasteiger partial charge in [-0.2, -0.15) is 0 Å². The average molecular weight is 1270 g/mol. The summed E-state index contributed by atoms with van der Waals surface area (Å²) in [5.74, 6) is -7.96. The molecular formula is C69H118O20. The molecule has 0 aromatic heterocycles. The van der Waals surface area contributed by atoms with Crippen LogP contribution in [0.3, 0.4) is 0 Å². The maximum atomic E-state index is 10.3. The fourth-order valence-corrected chi connectivity index (χ4v) is 7.25. The summed E-state index contributed by atoms with van der Waals surface area (Å²) in [7, 11) is 0. The first kappa shape index (κ1) is 97.9. The van der Waals surface area contributed by atoms with Crippen LogP contribution in [0.1, 0.15) is 276 Å². The molecule has 0 aromatic rings. The van der Waals surface area contributed by atoms with Crippen LogP contribution in [0, 0.1) is 0 Å². The van der Waals surface area contributed by atoms with E-state index in [1.165, 1.54) is 57.4 Å². The van der Waals surface area contributed by atoms with E-state index >= 15 is 0 Å². The molecule has 10 N–H and O–H groups in total. The van der Waals surface area contributed by atoms with Crippen molar-refractivity contribution in [2.45, 2.75) is 276 Å². The molecule has 0 amide bonds. The minimum absolute atomic E-state index is 0.249. The zero-order valence-corrected chi connectivity index (χ0v) is 54.0. The van der Waals surface area contributed by atoms with E-state index in [0.717, 1.165) is 204 Å². The molecule has 514 valence electrons. The highest BCUT2D eigenvalue weighted by Crippen LogP contribution is 2.13. The third-order valence-corrected chi connectivity index (χ3v) is 11.9. The topological polar surface area (TPSA) is 373 Å². The van der Waals surface area contributed by atoms with Crippen LogP contribution in [0.15, 0.2) is 100 Å². The summed E-state index contributed by atoms with van der Waals surface area (Å²) in [5.41, 5.74) is 0. The number of carboxylic acids is 10. The number of unbranched alkanes of at least 4 members (excludes halogenated alkanes) is 31. The standard InChI is InChI=1S/C18H32O4.C12H20O4.C11H18O4.2C10H18O2.2C3H4O2.C2H4/c19-17(20)15-13-11-9-7-5-3-1-2-4-6-8-10-12-14-16-18(21)22;13-11(14)9-7-5-3-1-2-4-6-8-10-12(15)16;12-10(13)8-6-4-2-1-3-5-7-9-11(14)15;2*1-2-3-4-5-6-7-8-9-10(11)12;2*1-2-3(4)5;1-2/h1-2H,3-16H2,(H,19,20)(H,21,22);7,9H,1-6,8,10H2,(H,13,14)(H,15,16);6,8H,1-5,7,9H2,(H,12,13)(H,14,15);2*2H,1,3-9H2,(H,11,12);2*2H,1H2,(H,4,5);1-2H2/b2-1-;9-7-;8-6-;;;;;. The largest absolute Gasteiger partial charge is 0.481 e. The van der Waals surface area contributed by atoms with Gasteiger partial charge < -0.3 is 51.1 Å². The molecule has 0 saturated heterocycles. The molecule has 0 unspecified atom stereocenters. The molecule has 0 spiro atoms. The maximum absolute atomic E-state index is 10.3. The van der Waals surface area contributed by atoms with Crippen molar-refractivity contribution in [1.82, 2.24) is 0 Å². The van der Waals surface area contributed by atoms with Crippen LogP contribution in [-0.2, 0) is 47.9 Å². The van der Waals surface area contributed by atoms with E-state index in [1.807, 2.05) is 12.2 Å². The molecule has 0 heterocycles. The van der Waals surface area contributed by atoms with E-state index in [9.17, 15) is 47.9 Å². The van der Waals surface area contributed by atoms with Gasteiger partial charge in [-0.15, -0.1) is 26.3 Å². The second-order valence-corrected chi connectivity index (χ2v) is 20.2. The molecule has 0 aliphatic heterocycles. The SMILES string of the molecule is C=C.C=CC(=O)O.C=CC(=O)O.C=CCCCCCCCC(=O)O.C=CCCCCCCCC(=O)O.O=C(O)/C=C\CCCCCCCC(=O)O.O=C(O)/C=C\CCCCCCCCC(=O)O.O=C(O)CCCCCCC/C=C\CCCCCCCC(=O)O. The highest BCUT2D eigenvalue weighted by Gasteiger charge is 2.01. The Labute approximate surface area is 533 Å².